The Balaban J connectivity index is 1.69. The molecule has 0 fully saturated rings. The number of halogens is 2. The van der Waals surface area contributed by atoms with Gasteiger partial charge in [-0.15, -0.1) is 0 Å². The van der Waals surface area contributed by atoms with Gasteiger partial charge in [0, 0.05) is 23.9 Å². The normalized spacial score (nSPS) is 10.7. The fourth-order valence-electron chi connectivity index (χ4n) is 2.80. The van der Waals surface area contributed by atoms with E-state index < -0.39 is 5.95 Å². The maximum absolute atomic E-state index is 13.3. The van der Waals surface area contributed by atoms with Crippen molar-refractivity contribution in [2.75, 3.05) is 5.32 Å². The molecule has 2 aromatic carbocycles. The Kier molecular flexibility index (Phi) is 4.61. The number of anilines is 1. The topological polar surface area (TPSA) is 42.7 Å². The molecule has 0 saturated heterocycles. The molecule has 1 N–H and O–H groups in total. The molecule has 2 aromatic heterocycles. The molecule has 0 bridgehead atoms. The van der Waals surface area contributed by atoms with E-state index in [2.05, 4.69) is 15.4 Å². The quantitative estimate of drug-likeness (QED) is 0.518. The van der Waals surface area contributed by atoms with Crippen LogP contribution in [0.5, 0.6) is 0 Å². The van der Waals surface area contributed by atoms with Crippen molar-refractivity contribution in [1.29, 1.82) is 0 Å². The minimum atomic E-state index is -0.543. The zero-order chi connectivity index (χ0) is 18.6. The van der Waals surface area contributed by atoms with E-state index in [9.17, 15) is 8.78 Å². The summed E-state index contributed by atoms with van der Waals surface area (Å²) in [5.74, 6) is -0.406. The van der Waals surface area contributed by atoms with E-state index in [1.807, 2.05) is 36.5 Å². The van der Waals surface area contributed by atoms with Crippen molar-refractivity contribution in [3.63, 3.8) is 0 Å². The second kappa shape index (κ2) is 7.37. The molecule has 6 heteroatoms. The number of nitrogens with zero attached hydrogens (tertiary/aromatic N) is 3. The lowest BCUT2D eigenvalue weighted by Gasteiger charge is -2.06. The van der Waals surface area contributed by atoms with Crippen LogP contribution in [0.15, 0.2) is 79.0 Å². The van der Waals surface area contributed by atoms with Crippen molar-refractivity contribution in [2.45, 2.75) is 6.54 Å². The number of aromatic nitrogens is 3. The van der Waals surface area contributed by atoms with Crippen LogP contribution in [0.4, 0.5) is 14.6 Å². The molecule has 4 aromatic rings. The lowest BCUT2D eigenvalue weighted by Crippen LogP contribution is -2.02. The third-order valence-electron chi connectivity index (χ3n) is 4.10. The number of hydrogen-bond donors (Lipinski definition) is 1. The summed E-state index contributed by atoms with van der Waals surface area (Å²) in [6.45, 7) is 0.399. The van der Waals surface area contributed by atoms with Crippen molar-refractivity contribution in [1.82, 2.24) is 14.8 Å². The van der Waals surface area contributed by atoms with E-state index >= 15 is 0 Å². The average Bonchev–Trinajstić information content (AvgIpc) is 3.12. The first kappa shape index (κ1) is 16.9. The predicted octanol–water partition coefficient (Wildman–Crippen LogP) is 4.82. The van der Waals surface area contributed by atoms with Crippen LogP contribution in [0.1, 0.15) is 5.56 Å². The highest BCUT2D eigenvalue weighted by atomic mass is 19.1. The third kappa shape index (κ3) is 3.84. The van der Waals surface area contributed by atoms with Gasteiger partial charge in [0.25, 0.3) is 0 Å². The first-order valence-electron chi connectivity index (χ1n) is 8.45. The SMILES string of the molecule is Fc1ccc(-c2nn(-c3ccccc3)cc2CNc2cccc(F)n2)cc1. The highest BCUT2D eigenvalue weighted by molar-refractivity contribution is 5.63. The molecular formula is C21H16F2N4. The van der Waals surface area contributed by atoms with Crippen molar-refractivity contribution < 1.29 is 8.78 Å². The van der Waals surface area contributed by atoms with Crippen LogP contribution in [0.25, 0.3) is 16.9 Å². The van der Waals surface area contributed by atoms with Gasteiger partial charge in [0.2, 0.25) is 5.95 Å². The lowest BCUT2D eigenvalue weighted by molar-refractivity contribution is 0.585. The summed E-state index contributed by atoms with van der Waals surface area (Å²) in [5.41, 5.74) is 3.32. The largest absolute Gasteiger partial charge is 0.366 e. The van der Waals surface area contributed by atoms with Gasteiger partial charge < -0.3 is 5.32 Å². The Morgan fingerprint density at radius 3 is 2.37 bits per heavy atom. The molecule has 0 unspecified atom stereocenters. The molecule has 134 valence electrons. The van der Waals surface area contributed by atoms with E-state index in [-0.39, 0.29) is 5.82 Å². The number of benzene rings is 2. The highest BCUT2D eigenvalue weighted by Gasteiger charge is 2.13. The molecule has 0 amide bonds. The molecule has 0 atom stereocenters. The summed E-state index contributed by atoms with van der Waals surface area (Å²) < 4.78 is 28.4. The molecule has 4 rings (SSSR count). The van der Waals surface area contributed by atoms with E-state index in [0.717, 1.165) is 22.5 Å². The molecule has 0 radical (unpaired) electrons. The van der Waals surface area contributed by atoms with Gasteiger partial charge in [-0.05, 0) is 48.5 Å². The summed E-state index contributed by atoms with van der Waals surface area (Å²) >= 11 is 0. The summed E-state index contributed by atoms with van der Waals surface area (Å²) in [6.07, 6.45) is 1.90. The Labute approximate surface area is 155 Å². The van der Waals surface area contributed by atoms with Crippen LogP contribution in [0.3, 0.4) is 0 Å². The number of nitrogens with one attached hydrogen (secondary N) is 1. The number of hydrogen-bond acceptors (Lipinski definition) is 3. The highest BCUT2D eigenvalue weighted by Crippen LogP contribution is 2.25. The molecule has 0 aliphatic rings. The van der Waals surface area contributed by atoms with Crippen LogP contribution in [-0.2, 0) is 6.54 Å². The van der Waals surface area contributed by atoms with Gasteiger partial charge >= 0.3 is 0 Å². The average molecular weight is 362 g/mol. The van der Waals surface area contributed by atoms with E-state index in [0.29, 0.717) is 12.4 Å². The summed E-state index contributed by atoms with van der Waals surface area (Å²) in [5, 5.41) is 7.78. The van der Waals surface area contributed by atoms with Gasteiger partial charge in [-0.25, -0.2) is 14.1 Å². The molecule has 0 aliphatic carbocycles. The monoisotopic (exact) mass is 362 g/mol. The number of para-hydroxylation sites is 1. The lowest BCUT2D eigenvalue weighted by atomic mass is 10.1. The molecule has 27 heavy (non-hydrogen) atoms. The van der Waals surface area contributed by atoms with Crippen LogP contribution in [-0.4, -0.2) is 14.8 Å². The molecule has 0 aliphatic heterocycles. The zero-order valence-electron chi connectivity index (χ0n) is 14.3. The Hall–Kier alpha value is -3.54. The van der Waals surface area contributed by atoms with E-state index in [4.69, 9.17) is 0 Å². The first-order chi connectivity index (χ1) is 13.2. The van der Waals surface area contributed by atoms with Crippen molar-refractivity contribution in [3.8, 4) is 16.9 Å². The number of pyridine rings is 1. The van der Waals surface area contributed by atoms with Gasteiger partial charge in [0.1, 0.15) is 11.6 Å². The van der Waals surface area contributed by atoms with Crippen LogP contribution in [0, 0.1) is 11.8 Å². The summed E-state index contributed by atoms with van der Waals surface area (Å²) in [4.78, 5) is 3.81. The first-order valence-corrected chi connectivity index (χ1v) is 8.45. The fourth-order valence-corrected chi connectivity index (χ4v) is 2.80. The van der Waals surface area contributed by atoms with Crippen LogP contribution >= 0.6 is 0 Å². The number of rotatable bonds is 5. The van der Waals surface area contributed by atoms with Gasteiger partial charge in [0.05, 0.1) is 11.4 Å². The molecule has 4 nitrogen and oxygen atoms in total. The Bertz CT molecular complexity index is 1040. The van der Waals surface area contributed by atoms with Gasteiger partial charge in [-0.3, -0.25) is 0 Å². The standard InChI is InChI=1S/C21H16F2N4/c22-17-11-9-15(10-12-17)21-16(13-24-20-8-4-7-19(23)25-20)14-27(26-21)18-5-2-1-3-6-18/h1-12,14H,13H2,(H,24,25). The van der Waals surface area contributed by atoms with Crippen LogP contribution in [0.2, 0.25) is 0 Å². The van der Waals surface area contributed by atoms with Gasteiger partial charge in [-0.1, -0.05) is 24.3 Å². The fraction of sp³-hybridized carbons (Fsp3) is 0.0476. The third-order valence-corrected chi connectivity index (χ3v) is 4.10. The van der Waals surface area contributed by atoms with Crippen molar-refractivity contribution >= 4 is 5.82 Å². The van der Waals surface area contributed by atoms with Gasteiger partial charge in [-0.2, -0.15) is 9.49 Å². The zero-order valence-corrected chi connectivity index (χ0v) is 14.3. The minimum Gasteiger partial charge on any atom is -0.366 e. The maximum Gasteiger partial charge on any atom is 0.214 e. The van der Waals surface area contributed by atoms with Gasteiger partial charge in [0.15, 0.2) is 0 Å². The summed E-state index contributed by atoms with van der Waals surface area (Å²) in [7, 11) is 0. The van der Waals surface area contributed by atoms with Crippen molar-refractivity contribution in [2.24, 2.45) is 0 Å². The van der Waals surface area contributed by atoms with Crippen molar-refractivity contribution in [3.05, 3.63) is 96.3 Å². The Morgan fingerprint density at radius 1 is 0.852 bits per heavy atom. The molecule has 0 saturated carbocycles. The predicted molar refractivity (Wildman–Crippen MR) is 100 cm³/mol. The molecule has 0 spiro atoms. The Morgan fingerprint density at radius 2 is 1.63 bits per heavy atom. The summed E-state index contributed by atoms with van der Waals surface area (Å²) in [6, 6.07) is 20.5. The molecular weight excluding hydrogens is 346 g/mol. The van der Waals surface area contributed by atoms with E-state index in [1.54, 1.807) is 28.9 Å². The maximum atomic E-state index is 13.3. The second-order valence-electron chi connectivity index (χ2n) is 5.99. The second-order valence-corrected chi connectivity index (χ2v) is 5.99. The van der Waals surface area contributed by atoms with E-state index in [1.165, 1.54) is 18.2 Å². The minimum absolute atomic E-state index is 0.301. The van der Waals surface area contributed by atoms with Crippen LogP contribution < -0.4 is 5.32 Å². The molecule has 2 heterocycles. The smallest absolute Gasteiger partial charge is 0.214 e.